The van der Waals surface area contributed by atoms with E-state index in [4.69, 9.17) is 10.7 Å². The van der Waals surface area contributed by atoms with Crippen molar-refractivity contribution in [1.82, 2.24) is 0 Å². The second kappa shape index (κ2) is 4.77. The average Bonchev–Trinajstić information content (AvgIpc) is 2.16. The molecule has 0 heterocycles. The number of hydrogen-bond donors (Lipinski definition) is 0. The van der Waals surface area contributed by atoms with Crippen LogP contribution in [0.5, 0.6) is 0 Å². The molecule has 0 aromatic rings. The Hall–Kier alpha value is -0.870. The third kappa shape index (κ3) is 2.79. The minimum Gasteiger partial charge on any atom is -0.287 e. The van der Waals surface area contributed by atoms with Gasteiger partial charge in [-0.1, -0.05) is 25.2 Å². The molecule has 0 fully saturated rings. The van der Waals surface area contributed by atoms with E-state index >= 15 is 0 Å². The quantitative estimate of drug-likeness (QED) is 0.702. The lowest BCUT2D eigenvalue weighted by molar-refractivity contribution is 0.616. The number of nitrogens with zero attached hydrogens (tertiary/aromatic N) is 1. The monoisotopic (exact) mass is 245 g/mol. The van der Waals surface area contributed by atoms with Gasteiger partial charge < -0.3 is 0 Å². The zero-order valence-electron chi connectivity index (χ0n) is 8.57. The summed E-state index contributed by atoms with van der Waals surface area (Å²) < 4.78 is 22.5. The lowest BCUT2D eigenvalue weighted by atomic mass is 10.0. The summed E-state index contributed by atoms with van der Waals surface area (Å²) in [6.45, 7) is 1.97. The number of allylic oxidation sites excluding steroid dienone is 6. The summed E-state index contributed by atoms with van der Waals surface area (Å²) in [4.78, 5) is 4.02. The fourth-order valence-corrected chi connectivity index (χ4v) is 2.41. The maximum Gasteiger partial charge on any atom is 0.263 e. The minimum absolute atomic E-state index is 0.0638. The van der Waals surface area contributed by atoms with Crippen LogP contribution >= 0.6 is 10.7 Å². The van der Waals surface area contributed by atoms with Crippen LogP contribution in [0.4, 0.5) is 0 Å². The normalized spacial score (nSPS) is 22.2. The van der Waals surface area contributed by atoms with Crippen molar-refractivity contribution < 1.29 is 8.42 Å². The van der Waals surface area contributed by atoms with Crippen molar-refractivity contribution in [2.24, 2.45) is 4.99 Å². The molecule has 0 aromatic carbocycles. The molecule has 1 rings (SSSR count). The average molecular weight is 246 g/mol. The highest BCUT2D eigenvalue weighted by Crippen LogP contribution is 2.23. The van der Waals surface area contributed by atoms with Gasteiger partial charge in [-0.3, -0.25) is 4.99 Å². The van der Waals surface area contributed by atoms with E-state index in [2.05, 4.69) is 4.99 Å². The fourth-order valence-electron chi connectivity index (χ4n) is 1.36. The van der Waals surface area contributed by atoms with Crippen LogP contribution in [0.1, 0.15) is 13.3 Å². The Morgan fingerprint density at radius 1 is 1.53 bits per heavy atom. The molecule has 0 amide bonds. The Balaban J connectivity index is 3.29. The third-order valence-electron chi connectivity index (χ3n) is 1.94. The van der Waals surface area contributed by atoms with Crippen molar-refractivity contribution in [1.29, 1.82) is 0 Å². The summed E-state index contributed by atoms with van der Waals surface area (Å²) in [6.07, 6.45) is 7.66. The molecule has 0 aliphatic heterocycles. The molecule has 0 unspecified atom stereocenters. The molecule has 3 nitrogen and oxygen atoms in total. The number of aliphatic imine (C=N–C) groups is 1. The van der Waals surface area contributed by atoms with Crippen LogP contribution in [0.15, 0.2) is 39.8 Å². The van der Waals surface area contributed by atoms with Crippen LogP contribution in [0, 0.1) is 0 Å². The molecule has 1 aliphatic rings. The highest BCUT2D eigenvalue weighted by Gasteiger charge is 2.23. The lowest BCUT2D eigenvalue weighted by Gasteiger charge is -2.11. The first-order valence-electron chi connectivity index (χ1n) is 4.51. The molecule has 0 N–H and O–H groups in total. The summed E-state index contributed by atoms with van der Waals surface area (Å²) >= 11 is 0. The molecule has 0 aromatic heterocycles. The maximum atomic E-state index is 11.3. The topological polar surface area (TPSA) is 46.5 Å². The van der Waals surface area contributed by atoms with E-state index in [0.29, 0.717) is 5.71 Å². The van der Waals surface area contributed by atoms with Gasteiger partial charge in [-0.05, 0) is 18.1 Å². The molecule has 0 bridgehead atoms. The van der Waals surface area contributed by atoms with Crippen molar-refractivity contribution in [2.45, 2.75) is 13.3 Å². The maximum absolute atomic E-state index is 11.3. The summed E-state index contributed by atoms with van der Waals surface area (Å²) in [7, 11) is 3.13. The summed E-state index contributed by atoms with van der Waals surface area (Å²) in [5.74, 6) is 0. The first kappa shape index (κ1) is 12.2. The number of rotatable bonds is 2. The van der Waals surface area contributed by atoms with Crippen LogP contribution in [-0.2, 0) is 9.05 Å². The third-order valence-corrected chi connectivity index (χ3v) is 3.29. The predicted molar refractivity (Wildman–Crippen MR) is 63.7 cm³/mol. The van der Waals surface area contributed by atoms with Gasteiger partial charge in [0, 0.05) is 17.7 Å². The first-order valence-corrected chi connectivity index (χ1v) is 6.82. The molecule has 82 valence electrons. The molecule has 0 atom stereocenters. The summed E-state index contributed by atoms with van der Waals surface area (Å²) in [6, 6.07) is 0. The van der Waals surface area contributed by atoms with Crippen LogP contribution in [-0.4, -0.2) is 21.2 Å². The van der Waals surface area contributed by atoms with Crippen molar-refractivity contribution >= 4 is 25.4 Å². The fraction of sp³-hybridized carbons (Fsp3) is 0.300. The van der Waals surface area contributed by atoms with Crippen LogP contribution < -0.4 is 0 Å². The molecule has 5 heteroatoms. The van der Waals surface area contributed by atoms with E-state index in [-0.39, 0.29) is 4.91 Å². The standard InChI is InChI=1S/C10H12ClNO2S/c1-3-5-8-6-4-7-9(10(8)12-2)15(11,13)14/h4-7H,3H2,1-2H3/b8-5-,12-10?. The summed E-state index contributed by atoms with van der Waals surface area (Å²) in [5, 5.41) is 0. The second-order valence-electron chi connectivity index (χ2n) is 2.97. The van der Waals surface area contributed by atoms with Crippen LogP contribution in [0.2, 0.25) is 0 Å². The highest BCUT2D eigenvalue weighted by molar-refractivity contribution is 8.17. The van der Waals surface area contributed by atoms with Gasteiger partial charge in [-0.25, -0.2) is 8.42 Å². The molecule has 0 saturated heterocycles. The van der Waals surface area contributed by atoms with Gasteiger partial charge >= 0.3 is 0 Å². The van der Waals surface area contributed by atoms with E-state index in [1.807, 2.05) is 19.1 Å². The van der Waals surface area contributed by atoms with Gasteiger partial charge in [0.2, 0.25) is 0 Å². The second-order valence-corrected chi connectivity index (χ2v) is 5.50. The molecule has 0 saturated carbocycles. The lowest BCUT2D eigenvalue weighted by Crippen LogP contribution is -2.13. The van der Waals surface area contributed by atoms with Gasteiger partial charge in [-0.15, -0.1) is 0 Å². The Kier molecular flexibility index (Phi) is 3.88. The largest absolute Gasteiger partial charge is 0.287 e. The predicted octanol–water partition coefficient (Wildman–Crippen LogP) is 2.42. The molecule has 15 heavy (non-hydrogen) atoms. The number of hydrogen-bond acceptors (Lipinski definition) is 3. The van der Waals surface area contributed by atoms with Crippen molar-refractivity contribution in [2.75, 3.05) is 7.05 Å². The molecular formula is C10H12ClNO2S. The first-order chi connectivity index (χ1) is 7.00. The van der Waals surface area contributed by atoms with Crippen molar-refractivity contribution in [3.63, 3.8) is 0 Å². The van der Waals surface area contributed by atoms with Crippen LogP contribution in [0.3, 0.4) is 0 Å². The molecule has 1 aliphatic carbocycles. The van der Waals surface area contributed by atoms with E-state index in [9.17, 15) is 8.42 Å². The van der Waals surface area contributed by atoms with Gasteiger partial charge in [0.15, 0.2) is 0 Å². The Bertz CT molecular complexity index is 470. The van der Waals surface area contributed by atoms with Crippen molar-refractivity contribution in [3.8, 4) is 0 Å². The van der Waals surface area contributed by atoms with E-state index in [1.165, 1.54) is 6.08 Å². The Morgan fingerprint density at radius 3 is 2.67 bits per heavy atom. The van der Waals surface area contributed by atoms with E-state index in [1.54, 1.807) is 13.1 Å². The molecular weight excluding hydrogens is 234 g/mol. The minimum atomic E-state index is -3.73. The van der Waals surface area contributed by atoms with Crippen molar-refractivity contribution in [3.05, 3.63) is 34.8 Å². The van der Waals surface area contributed by atoms with Gasteiger partial charge in [0.05, 0.1) is 5.71 Å². The SMILES string of the molecule is CC/C=C1/C=CC=C(S(=O)(=O)Cl)C1=NC. The molecule has 0 radical (unpaired) electrons. The smallest absolute Gasteiger partial charge is 0.263 e. The van der Waals surface area contributed by atoms with Gasteiger partial charge in [0.1, 0.15) is 4.91 Å². The van der Waals surface area contributed by atoms with E-state index < -0.39 is 9.05 Å². The zero-order chi connectivity index (χ0) is 11.5. The van der Waals surface area contributed by atoms with Gasteiger partial charge in [0.25, 0.3) is 9.05 Å². The Morgan fingerprint density at radius 2 is 2.20 bits per heavy atom. The molecule has 0 spiro atoms. The number of halogens is 1. The van der Waals surface area contributed by atoms with Gasteiger partial charge in [-0.2, -0.15) is 0 Å². The zero-order valence-corrected chi connectivity index (χ0v) is 10.1. The summed E-state index contributed by atoms with van der Waals surface area (Å²) in [5.41, 5.74) is 1.22. The van der Waals surface area contributed by atoms with E-state index in [0.717, 1.165) is 12.0 Å². The Labute approximate surface area is 94.3 Å². The highest BCUT2D eigenvalue weighted by atomic mass is 35.7. The van der Waals surface area contributed by atoms with Crippen LogP contribution in [0.25, 0.3) is 0 Å².